The van der Waals surface area contributed by atoms with E-state index in [-0.39, 0.29) is 0 Å². The number of aliphatic hydroxyl groups excluding tert-OH is 1. The van der Waals surface area contributed by atoms with Gasteiger partial charge >= 0.3 is 34.9 Å². The summed E-state index contributed by atoms with van der Waals surface area (Å²) in [5, 5.41) is 15.8. The summed E-state index contributed by atoms with van der Waals surface area (Å²) in [6.07, 6.45) is 3.64. The molecule has 0 aromatic carbocycles. The number of rotatable bonds is 1. The Hall–Kier alpha value is -1.35. The van der Waals surface area contributed by atoms with Crippen LogP contribution in [-0.2, 0) is 9.50 Å². The van der Waals surface area contributed by atoms with Crippen molar-refractivity contribution in [3.8, 4) is 11.9 Å². The van der Waals surface area contributed by atoms with Gasteiger partial charge in [-0.05, 0) is 19.3 Å². The van der Waals surface area contributed by atoms with Crippen molar-refractivity contribution in [2.75, 3.05) is 0 Å². The predicted molar refractivity (Wildman–Crippen MR) is 44.6 cm³/mol. The van der Waals surface area contributed by atoms with Crippen LogP contribution in [0.4, 0.5) is 0 Å². The van der Waals surface area contributed by atoms with E-state index < -0.39 is 11.5 Å². The summed E-state index contributed by atoms with van der Waals surface area (Å²) < 4.78 is 9.07. The third kappa shape index (κ3) is 3.72. The number of carboxylic acids is 1. The first-order valence-electron chi connectivity index (χ1n) is 3.67. The van der Waals surface area contributed by atoms with Crippen LogP contribution in [0.3, 0.4) is 0 Å². The van der Waals surface area contributed by atoms with E-state index in [0.29, 0.717) is 20.0 Å². The Kier molecular flexibility index (Phi) is 4.78. The van der Waals surface area contributed by atoms with Crippen LogP contribution in [0.15, 0.2) is 0 Å². The van der Waals surface area contributed by atoms with Crippen LogP contribution in [-0.4, -0.2) is 28.9 Å². The van der Waals surface area contributed by atoms with Gasteiger partial charge in [0, 0.05) is 0 Å². The SMILES string of the molecule is NC1(C(=O)O)CCC1.O=BC#CO. The second-order valence-electron chi connectivity index (χ2n) is 2.69. The summed E-state index contributed by atoms with van der Waals surface area (Å²) in [6, 6.07) is 0. The van der Waals surface area contributed by atoms with E-state index in [9.17, 15) is 4.79 Å². The summed E-state index contributed by atoms with van der Waals surface area (Å²) in [7, 11) is 0.319. The zero-order valence-electron chi connectivity index (χ0n) is 6.99. The van der Waals surface area contributed by atoms with Crippen LogP contribution < -0.4 is 5.73 Å². The molecule has 0 atom stereocenters. The van der Waals surface area contributed by atoms with Gasteiger partial charge in [0.25, 0.3) is 0 Å². The molecular weight excluding hydrogens is 173 g/mol. The van der Waals surface area contributed by atoms with Crippen LogP contribution in [0, 0.1) is 11.9 Å². The summed E-state index contributed by atoms with van der Waals surface area (Å²) in [5.41, 5.74) is 4.48. The Balaban J connectivity index is 0.000000252. The minimum atomic E-state index is -0.861. The van der Waals surface area contributed by atoms with Crippen molar-refractivity contribution >= 4 is 13.1 Å². The molecule has 5 nitrogen and oxygen atoms in total. The zero-order chi connectivity index (χ0) is 10.3. The van der Waals surface area contributed by atoms with Crippen LogP contribution in [0.1, 0.15) is 19.3 Å². The molecule has 0 spiro atoms. The van der Waals surface area contributed by atoms with E-state index in [4.69, 9.17) is 20.7 Å². The van der Waals surface area contributed by atoms with E-state index in [1.165, 1.54) is 6.11 Å². The average molecular weight is 183 g/mol. The molecule has 0 aromatic rings. The quantitative estimate of drug-likeness (QED) is 0.367. The Morgan fingerprint density at radius 2 is 2.08 bits per heavy atom. The van der Waals surface area contributed by atoms with Gasteiger partial charge in [-0.2, -0.15) is 0 Å². The molecule has 1 aliphatic carbocycles. The van der Waals surface area contributed by atoms with Gasteiger partial charge in [-0.3, -0.25) is 4.79 Å². The molecule has 0 radical (unpaired) electrons. The topological polar surface area (TPSA) is 101 Å². The average Bonchev–Trinajstić information content (AvgIpc) is 2.02. The Bertz CT molecular complexity index is 251. The minimum absolute atomic E-state index is 0.319. The normalized spacial score (nSPS) is 16.1. The zero-order valence-corrected chi connectivity index (χ0v) is 6.99. The van der Waals surface area contributed by atoms with Crippen LogP contribution in [0.5, 0.6) is 0 Å². The van der Waals surface area contributed by atoms with Gasteiger partial charge in [-0.25, -0.2) is 0 Å². The summed E-state index contributed by atoms with van der Waals surface area (Å²) in [5.74, 6) is 0.878. The molecule has 0 saturated heterocycles. The number of hydrogen-bond donors (Lipinski definition) is 3. The Morgan fingerprint density at radius 3 is 2.08 bits per heavy atom. The first-order chi connectivity index (χ1) is 6.06. The molecule has 0 bridgehead atoms. The van der Waals surface area contributed by atoms with Crippen molar-refractivity contribution in [2.45, 2.75) is 24.8 Å². The Morgan fingerprint density at radius 1 is 1.54 bits per heavy atom. The predicted octanol–water partition coefficient (Wildman–Crippen LogP) is -0.721. The van der Waals surface area contributed by atoms with Gasteiger partial charge in [-0.1, -0.05) is 0 Å². The molecule has 13 heavy (non-hydrogen) atoms. The van der Waals surface area contributed by atoms with E-state index in [1.54, 1.807) is 5.82 Å². The molecular formula is C7H10BNO4. The van der Waals surface area contributed by atoms with Crippen LogP contribution >= 0.6 is 0 Å². The van der Waals surface area contributed by atoms with Gasteiger partial charge in [0.05, 0.1) is 0 Å². The first-order valence-corrected chi connectivity index (χ1v) is 3.67. The number of hydrogen-bond acceptors (Lipinski definition) is 4. The fourth-order valence-electron chi connectivity index (χ4n) is 0.798. The number of carbonyl (C=O) groups is 1. The van der Waals surface area contributed by atoms with Crippen LogP contribution in [0.25, 0.3) is 0 Å². The third-order valence-corrected chi connectivity index (χ3v) is 1.80. The fourth-order valence-corrected chi connectivity index (χ4v) is 0.798. The van der Waals surface area contributed by atoms with Gasteiger partial charge in [0.2, 0.25) is 0 Å². The molecule has 0 heterocycles. The molecule has 6 heteroatoms. The van der Waals surface area contributed by atoms with Gasteiger partial charge in [0.1, 0.15) is 5.54 Å². The molecule has 0 amide bonds. The van der Waals surface area contributed by atoms with Gasteiger partial charge in [-0.15, -0.1) is 0 Å². The standard InChI is InChI=1S/C5H9NO2.C2HBO2/c6-5(4(7)8)2-1-3-5;4-2-1-3-5/h1-3,6H2,(H,7,8);4H. The number of aliphatic carboxylic acids is 1. The molecule has 1 saturated carbocycles. The molecule has 1 fully saturated rings. The van der Waals surface area contributed by atoms with Crippen LogP contribution in [0.2, 0.25) is 0 Å². The fraction of sp³-hybridized carbons (Fsp3) is 0.571. The van der Waals surface area contributed by atoms with Crippen molar-refractivity contribution < 1.29 is 19.7 Å². The van der Waals surface area contributed by atoms with Crippen molar-refractivity contribution in [1.29, 1.82) is 0 Å². The van der Waals surface area contributed by atoms with Gasteiger partial charge in [0.15, 0.2) is 0 Å². The molecule has 1 aliphatic rings. The molecule has 4 N–H and O–H groups in total. The second-order valence-corrected chi connectivity index (χ2v) is 2.69. The Labute approximate surface area is 76.2 Å². The summed E-state index contributed by atoms with van der Waals surface area (Å²) in [4.78, 5) is 10.2. The maximum atomic E-state index is 10.2. The molecule has 0 aliphatic heterocycles. The van der Waals surface area contributed by atoms with Crippen molar-refractivity contribution in [1.82, 2.24) is 0 Å². The monoisotopic (exact) mass is 183 g/mol. The van der Waals surface area contributed by atoms with Crippen molar-refractivity contribution in [3.05, 3.63) is 0 Å². The van der Waals surface area contributed by atoms with Crippen molar-refractivity contribution in [3.63, 3.8) is 0 Å². The van der Waals surface area contributed by atoms with E-state index in [0.717, 1.165) is 6.42 Å². The summed E-state index contributed by atoms with van der Waals surface area (Å²) >= 11 is 0. The molecule has 70 valence electrons. The second kappa shape index (κ2) is 5.33. The number of aliphatic hydroxyl groups is 1. The van der Waals surface area contributed by atoms with Gasteiger partial charge < -0.3 is 10.8 Å². The van der Waals surface area contributed by atoms with E-state index >= 15 is 0 Å². The third-order valence-electron chi connectivity index (χ3n) is 1.80. The van der Waals surface area contributed by atoms with E-state index in [2.05, 4.69) is 0 Å². The number of nitrogens with two attached hydrogens (primary N) is 1. The maximum absolute atomic E-state index is 10.2. The van der Waals surface area contributed by atoms with Crippen molar-refractivity contribution in [2.24, 2.45) is 5.73 Å². The summed E-state index contributed by atoms with van der Waals surface area (Å²) in [6.45, 7) is 0. The molecule has 0 aromatic heterocycles. The van der Waals surface area contributed by atoms with E-state index in [1.807, 2.05) is 0 Å². The first kappa shape index (κ1) is 11.7. The molecule has 0 unspecified atom stereocenters. The molecule has 1 rings (SSSR count). The number of carboxylic acid groups (broad SMARTS) is 1.